The fourth-order valence-electron chi connectivity index (χ4n) is 3.33. The van der Waals surface area contributed by atoms with Gasteiger partial charge in [0.2, 0.25) is 6.41 Å². The van der Waals surface area contributed by atoms with Crippen LogP contribution >= 0.6 is 46.6 Å². The molecule has 3 rings (SSSR count). The van der Waals surface area contributed by atoms with Gasteiger partial charge in [0.25, 0.3) is 0 Å². The van der Waals surface area contributed by atoms with Crippen molar-refractivity contribution in [3.63, 3.8) is 0 Å². The third kappa shape index (κ3) is 9.34. The van der Waals surface area contributed by atoms with Crippen molar-refractivity contribution in [1.82, 2.24) is 5.32 Å². The van der Waals surface area contributed by atoms with Gasteiger partial charge in [-0.25, -0.2) is 4.39 Å². The predicted molar refractivity (Wildman–Crippen MR) is 159 cm³/mol. The maximum atomic E-state index is 14.0. The third-order valence-corrected chi connectivity index (χ3v) is 7.07. The Hall–Kier alpha value is -2.58. The molecule has 37 heavy (non-hydrogen) atoms. The lowest BCUT2D eigenvalue weighted by molar-refractivity contribution is -0.109. The number of benzene rings is 3. The van der Waals surface area contributed by atoms with Crippen molar-refractivity contribution in [1.29, 1.82) is 0 Å². The van der Waals surface area contributed by atoms with Gasteiger partial charge in [0.1, 0.15) is 5.82 Å². The predicted octanol–water partition coefficient (Wildman–Crippen LogP) is 7.78. The summed E-state index contributed by atoms with van der Waals surface area (Å²) in [6, 6.07) is 13.5. The summed E-state index contributed by atoms with van der Waals surface area (Å²) in [5.41, 5.74) is 14.0. The van der Waals surface area contributed by atoms with E-state index in [1.807, 2.05) is 43.0 Å². The molecule has 3 aromatic carbocycles. The van der Waals surface area contributed by atoms with Gasteiger partial charge in [-0.15, -0.1) is 0 Å². The molecule has 0 aliphatic carbocycles. The monoisotopic (exact) mass is 582 g/mol. The molecule has 0 saturated heterocycles. The van der Waals surface area contributed by atoms with Gasteiger partial charge >= 0.3 is 0 Å². The zero-order valence-electron chi connectivity index (χ0n) is 20.6. The zero-order chi connectivity index (χ0) is 27.4. The standard InChI is InChI=1S/C25H24Cl3FN4OS.C2H6/c26-16-4-7-24(20(28)11-16)35-25-13-17(27)12-23(31)19(25)3-1-2-9-33(10-8-32-15-34)18-5-6-22(30)21(29)14-18;1-2/h1,3-7,11-15H,2,8-10,30-31H2,(H,32,34);1-2H3/b3-1+;. The van der Waals surface area contributed by atoms with Crippen molar-refractivity contribution < 1.29 is 9.18 Å². The molecule has 5 N–H and O–H groups in total. The van der Waals surface area contributed by atoms with Crippen LogP contribution in [0, 0.1) is 5.82 Å². The molecule has 1 amide bonds. The van der Waals surface area contributed by atoms with E-state index in [9.17, 15) is 9.18 Å². The lowest BCUT2D eigenvalue weighted by Crippen LogP contribution is -2.32. The van der Waals surface area contributed by atoms with Crippen LogP contribution in [-0.4, -0.2) is 26.0 Å². The van der Waals surface area contributed by atoms with Gasteiger partial charge in [-0.3, -0.25) is 4.79 Å². The van der Waals surface area contributed by atoms with Crippen LogP contribution in [0.2, 0.25) is 15.1 Å². The molecule has 198 valence electrons. The van der Waals surface area contributed by atoms with E-state index in [0.29, 0.717) is 58.9 Å². The van der Waals surface area contributed by atoms with E-state index < -0.39 is 5.82 Å². The van der Waals surface area contributed by atoms with Gasteiger partial charge in [-0.1, -0.05) is 72.6 Å². The molecule has 5 nitrogen and oxygen atoms in total. The summed E-state index contributed by atoms with van der Waals surface area (Å²) in [6.45, 7) is 5.51. The van der Waals surface area contributed by atoms with Crippen LogP contribution < -0.4 is 21.7 Å². The highest BCUT2D eigenvalue weighted by atomic mass is 35.5. The number of carbonyl (C=O) groups excluding carboxylic acids is 1. The topological polar surface area (TPSA) is 84.4 Å². The molecule has 0 saturated carbocycles. The molecule has 0 aliphatic rings. The van der Waals surface area contributed by atoms with Gasteiger partial charge in [0.05, 0.1) is 10.7 Å². The minimum Gasteiger partial charge on any atom is -0.398 e. The summed E-state index contributed by atoms with van der Waals surface area (Å²) in [7, 11) is 0. The van der Waals surface area contributed by atoms with Crippen LogP contribution in [0.1, 0.15) is 25.8 Å². The number of hydrogen-bond acceptors (Lipinski definition) is 5. The molecule has 0 fully saturated rings. The van der Waals surface area contributed by atoms with E-state index in [1.54, 1.807) is 24.3 Å². The molecule has 3 aromatic rings. The fourth-order valence-corrected chi connectivity index (χ4v) is 5.15. The molecular weight excluding hydrogens is 554 g/mol. The van der Waals surface area contributed by atoms with Gasteiger partial charge in [0.15, 0.2) is 0 Å². The molecular formula is C27H30Cl3FN4OS. The molecule has 0 aromatic heterocycles. The first-order chi connectivity index (χ1) is 17.8. The number of nitrogens with one attached hydrogen (secondary N) is 1. The molecule has 0 spiro atoms. The Morgan fingerprint density at radius 2 is 1.70 bits per heavy atom. The van der Waals surface area contributed by atoms with Gasteiger partial charge in [-0.05, 0) is 55.0 Å². The van der Waals surface area contributed by atoms with Crippen molar-refractivity contribution in [3.8, 4) is 0 Å². The minimum absolute atomic E-state index is 0.0867. The van der Waals surface area contributed by atoms with E-state index in [4.69, 9.17) is 46.3 Å². The Balaban J connectivity index is 0.00000235. The Kier molecular flexibility index (Phi) is 12.9. The smallest absolute Gasteiger partial charge is 0.207 e. The van der Waals surface area contributed by atoms with E-state index in [2.05, 4.69) is 5.32 Å². The lowest BCUT2D eigenvalue weighted by atomic mass is 10.1. The van der Waals surface area contributed by atoms with Crippen LogP contribution in [0.4, 0.5) is 21.5 Å². The highest BCUT2D eigenvalue weighted by Gasteiger charge is 2.12. The summed E-state index contributed by atoms with van der Waals surface area (Å²) in [4.78, 5) is 14.3. The summed E-state index contributed by atoms with van der Waals surface area (Å²) in [6.07, 6.45) is 5.20. The Morgan fingerprint density at radius 1 is 0.946 bits per heavy atom. The average Bonchev–Trinajstić information content (AvgIpc) is 2.86. The van der Waals surface area contributed by atoms with Crippen LogP contribution in [0.25, 0.3) is 6.08 Å². The summed E-state index contributed by atoms with van der Waals surface area (Å²) >= 11 is 20.1. The van der Waals surface area contributed by atoms with Crippen molar-refractivity contribution in [2.45, 2.75) is 30.1 Å². The first kappa shape index (κ1) is 30.6. The second-order valence-electron chi connectivity index (χ2n) is 7.54. The van der Waals surface area contributed by atoms with Crippen molar-refractivity contribution >= 4 is 76.1 Å². The number of rotatable bonds is 11. The Bertz CT molecular complexity index is 1230. The average molecular weight is 584 g/mol. The first-order valence-electron chi connectivity index (χ1n) is 11.6. The lowest BCUT2D eigenvalue weighted by Gasteiger charge is -2.24. The number of nitrogens with zero attached hydrogens (tertiary/aromatic N) is 1. The van der Waals surface area contributed by atoms with Crippen LogP contribution in [0.5, 0.6) is 0 Å². The number of nitrogens with two attached hydrogens (primary N) is 2. The number of anilines is 3. The number of carbonyl (C=O) groups is 1. The Labute approximate surface area is 236 Å². The van der Waals surface area contributed by atoms with Crippen LogP contribution in [0.3, 0.4) is 0 Å². The minimum atomic E-state index is -0.483. The van der Waals surface area contributed by atoms with Gasteiger partial charge < -0.3 is 21.7 Å². The summed E-state index contributed by atoms with van der Waals surface area (Å²) in [5, 5.41) is 4.24. The summed E-state index contributed by atoms with van der Waals surface area (Å²) in [5.74, 6) is -0.483. The highest BCUT2D eigenvalue weighted by Crippen LogP contribution is 2.40. The highest BCUT2D eigenvalue weighted by molar-refractivity contribution is 7.99. The molecule has 0 unspecified atom stereocenters. The number of amides is 1. The van der Waals surface area contributed by atoms with E-state index >= 15 is 0 Å². The maximum absolute atomic E-state index is 14.0. The molecule has 0 heterocycles. The number of hydrogen-bond donors (Lipinski definition) is 3. The third-order valence-electron chi connectivity index (χ3n) is 5.06. The van der Waals surface area contributed by atoms with Crippen molar-refractivity contribution in [3.05, 3.63) is 81.1 Å². The fraction of sp³-hybridized carbons (Fsp3) is 0.222. The molecule has 10 heteroatoms. The van der Waals surface area contributed by atoms with Crippen molar-refractivity contribution in [2.75, 3.05) is 36.0 Å². The molecule has 0 bridgehead atoms. The summed E-state index contributed by atoms with van der Waals surface area (Å²) < 4.78 is 14.0. The maximum Gasteiger partial charge on any atom is 0.207 e. The number of halogens is 4. The van der Waals surface area contributed by atoms with E-state index in [1.165, 1.54) is 23.9 Å². The zero-order valence-corrected chi connectivity index (χ0v) is 23.7. The van der Waals surface area contributed by atoms with Crippen LogP contribution in [-0.2, 0) is 4.79 Å². The van der Waals surface area contributed by atoms with E-state index in [0.717, 1.165) is 15.4 Å². The second kappa shape index (κ2) is 15.6. The van der Waals surface area contributed by atoms with Gasteiger partial charge in [0, 0.05) is 56.4 Å². The SMILES string of the molecule is CC.Nc1ccc(N(CC/C=C/c2c(N)cc(Cl)cc2Sc2ccc(Cl)cc2Cl)CCNC=O)cc1F. The Morgan fingerprint density at radius 3 is 2.38 bits per heavy atom. The van der Waals surface area contributed by atoms with Gasteiger partial charge in [-0.2, -0.15) is 0 Å². The first-order valence-corrected chi connectivity index (χ1v) is 13.6. The van der Waals surface area contributed by atoms with E-state index in [-0.39, 0.29) is 5.69 Å². The normalized spacial score (nSPS) is 10.6. The molecule has 0 radical (unpaired) electrons. The molecule has 0 aliphatic heterocycles. The van der Waals surface area contributed by atoms with Crippen LogP contribution in [0.15, 0.2) is 64.4 Å². The molecule has 0 atom stereocenters. The largest absolute Gasteiger partial charge is 0.398 e. The second-order valence-corrected chi connectivity index (χ2v) is 9.90. The van der Waals surface area contributed by atoms with Crippen molar-refractivity contribution in [2.24, 2.45) is 0 Å². The quantitative estimate of drug-likeness (QED) is 0.122. The number of nitrogen functional groups attached to an aromatic ring is 2.